The Kier molecular flexibility index (Phi) is 9.12. The van der Waals surface area contributed by atoms with Crippen LogP contribution in [-0.4, -0.2) is 17.2 Å². The van der Waals surface area contributed by atoms with Gasteiger partial charge in [-0.15, -0.1) is 0 Å². The SMILES string of the molecule is CC(Oc1ccc(COc2ccc(Cl)cc2)cc1)C(=O)O.Nc1ccc(Cl)c(Cl)c1. The number of carboxylic acid groups (broad SMARTS) is 1. The van der Waals surface area contributed by atoms with Gasteiger partial charge in [-0.2, -0.15) is 0 Å². The number of carboxylic acids is 1. The van der Waals surface area contributed by atoms with Gasteiger partial charge in [-0.1, -0.05) is 46.9 Å². The summed E-state index contributed by atoms with van der Waals surface area (Å²) in [7, 11) is 0. The van der Waals surface area contributed by atoms with Crippen LogP contribution in [0.25, 0.3) is 0 Å². The zero-order valence-electron chi connectivity index (χ0n) is 16.0. The molecule has 3 aromatic rings. The first-order chi connectivity index (χ1) is 14.2. The molecule has 3 rings (SSSR count). The molecular weight excluding hydrogens is 449 g/mol. The number of halogens is 3. The van der Waals surface area contributed by atoms with Gasteiger partial charge in [-0.25, -0.2) is 4.79 Å². The van der Waals surface area contributed by atoms with Crippen LogP contribution in [0, 0.1) is 0 Å². The number of ether oxygens (including phenoxy) is 2. The molecule has 0 heterocycles. The van der Waals surface area contributed by atoms with Crippen LogP contribution in [0.4, 0.5) is 5.69 Å². The van der Waals surface area contributed by atoms with Crippen molar-refractivity contribution in [3.8, 4) is 11.5 Å². The molecule has 158 valence electrons. The molecule has 3 N–H and O–H groups in total. The summed E-state index contributed by atoms with van der Waals surface area (Å²) in [6.45, 7) is 1.90. The second kappa shape index (κ2) is 11.6. The summed E-state index contributed by atoms with van der Waals surface area (Å²) in [6.07, 6.45) is -0.874. The van der Waals surface area contributed by atoms with Gasteiger partial charge in [-0.05, 0) is 67.1 Å². The predicted octanol–water partition coefficient (Wildman–Crippen LogP) is 6.35. The van der Waals surface area contributed by atoms with Crippen LogP contribution < -0.4 is 15.2 Å². The van der Waals surface area contributed by atoms with Crippen LogP contribution in [0.15, 0.2) is 66.7 Å². The fourth-order valence-electron chi connectivity index (χ4n) is 2.13. The van der Waals surface area contributed by atoms with Gasteiger partial charge < -0.3 is 20.3 Å². The van der Waals surface area contributed by atoms with E-state index in [9.17, 15) is 4.79 Å². The zero-order chi connectivity index (χ0) is 22.1. The third kappa shape index (κ3) is 8.03. The van der Waals surface area contributed by atoms with Gasteiger partial charge in [0, 0.05) is 10.7 Å². The lowest BCUT2D eigenvalue weighted by molar-refractivity contribution is -0.144. The number of nitrogens with two attached hydrogens (primary N) is 1. The highest BCUT2D eigenvalue weighted by Gasteiger charge is 2.12. The van der Waals surface area contributed by atoms with Crippen molar-refractivity contribution in [1.29, 1.82) is 0 Å². The summed E-state index contributed by atoms with van der Waals surface area (Å²) >= 11 is 17.0. The number of hydrogen-bond acceptors (Lipinski definition) is 4. The van der Waals surface area contributed by atoms with Crippen LogP contribution in [0.3, 0.4) is 0 Å². The summed E-state index contributed by atoms with van der Waals surface area (Å²) in [4.78, 5) is 10.7. The molecule has 0 saturated carbocycles. The van der Waals surface area contributed by atoms with Crippen molar-refractivity contribution in [2.24, 2.45) is 0 Å². The lowest BCUT2D eigenvalue weighted by Crippen LogP contribution is -2.22. The molecule has 0 bridgehead atoms. The highest BCUT2D eigenvalue weighted by molar-refractivity contribution is 6.42. The minimum atomic E-state index is -0.995. The lowest BCUT2D eigenvalue weighted by atomic mass is 10.2. The van der Waals surface area contributed by atoms with Gasteiger partial charge in [0.1, 0.15) is 18.1 Å². The van der Waals surface area contributed by atoms with E-state index in [1.165, 1.54) is 6.92 Å². The van der Waals surface area contributed by atoms with Crippen molar-refractivity contribution >= 4 is 46.5 Å². The Labute approximate surface area is 189 Å². The summed E-state index contributed by atoms with van der Waals surface area (Å²) in [6, 6.07) is 19.2. The fraction of sp³-hybridized carbons (Fsp3) is 0.136. The number of nitrogen functional groups attached to an aromatic ring is 1. The Balaban J connectivity index is 0.000000297. The fourth-order valence-corrected chi connectivity index (χ4v) is 2.56. The smallest absolute Gasteiger partial charge is 0.344 e. The van der Waals surface area contributed by atoms with Gasteiger partial charge in [0.25, 0.3) is 0 Å². The molecule has 0 amide bonds. The van der Waals surface area contributed by atoms with E-state index in [1.807, 2.05) is 12.1 Å². The third-order valence-corrected chi connectivity index (χ3v) is 4.74. The van der Waals surface area contributed by atoms with Crippen LogP contribution in [-0.2, 0) is 11.4 Å². The molecule has 0 fully saturated rings. The summed E-state index contributed by atoms with van der Waals surface area (Å²) in [5.74, 6) is 0.254. The Bertz CT molecular complexity index is 963. The standard InChI is InChI=1S/C16H15ClO4.C6H5Cl2N/c1-11(16(18)19)21-15-6-2-12(3-7-15)10-20-14-8-4-13(17)5-9-14;7-5-2-1-4(9)3-6(5)8/h2-9,11H,10H2,1H3,(H,18,19);1-3H,9H2. The third-order valence-electron chi connectivity index (χ3n) is 3.75. The quantitative estimate of drug-likeness (QED) is 0.412. The molecule has 1 atom stereocenters. The van der Waals surface area contributed by atoms with E-state index in [1.54, 1.807) is 54.6 Å². The van der Waals surface area contributed by atoms with Gasteiger partial charge in [0.2, 0.25) is 0 Å². The lowest BCUT2D eigenvalue weighted by Gasteiger charge is -2.11. The number of benzene rings is 3. The van der Waals surface area contributed by atoms with Gasteiger partial charge >= 0.3 is 5.97 Å². The topological polar surface area (TPSA) is 81.8 Å². The van der Waals surface area contributed by atoms with Crippen molar-refractivity contribution in [3.63, 3.8) is 0 Å². The number of anilines is 1. The molecule has 0 radical (unpaired) electrons. The first kappa shape index (κ1) is 23.7. The first-order valence-electron chi connectivity index (χ1n) is 8.82. The Morgan fingerprint density at radius 1 is 0.933 bits per heavy atom. The van der Waals surface area contributed by atoms with Crippen molar-refractivity contribution in [1.82, 2.24) is 0 Å². The maximum atomic E-state index is 10.7. The molecule has 0 aliphatic carbocycles. The van der Waals surface area contributed by atoms with E-state index in [0.717, 1.165) is 11.3 Å². The van der Waals surface area contributed by atoms with E-state index in [2.05, 4.69) is 0 Å². The average Bonchev–Trinajstić information content (AvgIpc) is 2.72. The minimum absolute atomic E-state index is 0.413. The van der Waals surface area contributed by atoms with E-state index >= 15 is 0 Å². The summed E-state index contributed by atoms with van der Waals surface area (Å²) in [5.41, 5.74) is 6.97. The van der Waals surface area contributed by atoms with E-state index < -0.39 is 12.1 Å². The molecule has 0 aromatic heterocycles. The Morgan fingerprint density at radius 3 is 2.07 bits per heavy atom. The van der Waals surface area contributed by atoms with E-state index in [0.29, 0.717) is 33.1 Å². The summed E-state index contributed by atoms with van der Waals surface area (Å²) < 4.78 is 10.9. The molecule has 1 unspecified atom stereocenters. The predicted molar refractivity (Wildman–Crippen MR) is 121 cm³/mol. The molecule has 0 spiro atoms. The Hall–Kier alpha value is -2.60. The molecular formula is C22H20Cl3NO4. The molecule has 0 saturated heterocycles. The number of carbonyl (C=O) groups is 1. The highest BCUT2D eigenvalue weighted by Crippen LogP contribution is 2.23. The summed E-state index contributed by atoms with van der Waals surface area (Å²) in [5, 5.41) is 10.5. The van der Waals surface area contributed by atoms with Gasteiger partial charge in [0.15, 0.2) is 6.10 Å². The minimum Gasteiger partial charge on any atom is -0.489 e. The molecule has 8 heteroatoms. The maximum Gasteiger partial charge on any atom is 0.344 e. The van der Waals surface area contributed by atoms with Crippen molar-refractivity contribution < 1.29 is 19.4 Å². The highest BCUT2D eigenvalue weighted by atomic mass is 35.5. The second-order valence-electron chi connectivity index (χ2n) is 6.16. The normalized spacial score (nSPS) is 11.1. The van der Waals surface area contributed by atoms with Crippen molar-refractivity contribution in [2.45, 2.75) is 19.6 Å². The average molecular weight is 469 g/mol. The van der Waals surface area contributed by atoms with Crippen LogP contribution >= 0.6 is 34.8 Å². The van der Waals surface area contributed by atoms with Gasteiger partial charge in [-0.3, -0.25) is 0 Å². The number of rotatable bonds is 6. The first-order valence-corrected chi connectivity index (χ1v) is 9.95. The monoisotopic (exact) mass is 467 g/mol. The zero-order valence-corrected chi connectivity index (χ0v) is 18.3. The van der Waals surface area contributed by atoms with Crippen LogP contribution in [0.2, 0.25) is 15.1 Å². The second-order valence-corrected chi connectivity index (χ2v) is 7.41. The number of aliphatic carboxylic acids is 1. The van der Waals surface area contributed by atoms with Crippen molar-refractivity contribution in [3.05, 3.63) is 87.4 Å². The molecule has 3 aromatic carbocycles. The molecule has 30 heavy (non-hydrogen) atoms. The van der Waals surface area contributed by atoms with E-state index in [4.69, 9.17) is 55.1 Å². The van der Waals surface area contributed by atoms with E-state index in [-0.39, 0.29) is 0 Å². The van der Waals surface area contributed by atoms with Gasteiger partial charge in [0.05, 0.1) is 10.0 Å². The molecule has 0 aliphatic rings. The maximum absolute atomic E-state index is 10.7. The van der Waals surface area contributed by atoms with Crippen LogP contribution in [0.1, 0.15) is 12.5 Å². The number of hydrogen-bond donors (Lipinski definition) is 2. The molecule has 5 nitrogen and oxygen atoms in total. The van der Waals surface area contributed by atoms with Crippen molar-refractivity contribution in [2.75, 3.05) is 5.73 Å². The largest absolute Gasteiger partial charge is 0.489 e. The Morgan fingerprint density at radius 2 is 1.53 bits per heavy atom. The van der Waals surface area contributed by atoms with Crippen LogP contribution in [0.5, 0.6) is 11.5 Å². The molecule has 0 aliphatic heterocycles.